The Hall–Kier alpha value is -0.270. The Bertz CT molecular complexity index is 702. The van der Waals surface area contributed by atoms with E-state index in [1.54, 1.807) is 6.07 Å². The molecular weight excluding hydrogens is 520 g/mol. The Morgan fingerprint density at radius 1 is 0.579 bits per heavy atom. The molecule has 0 aliphatic heterocycles. The van der Waals surface area contributed by atoms with Crippen molar-refractivity contribution >= 4 is 17.2 Å². The molecule has 0 aliphatic carbocycles. The van der Waals surface area contributed by atoms with Crippen molar-refractivity contribution in [1.29, 1.82) is 0 Å². The summed E-state index contributed by atoms with van der Waals surface area (Å²) in [5.41, 5.74) is 0.263. The van der Waals surface area contributed by atoms with Gasteiger partial charge in [0.15, 0.2) is 0 Å². The van der Waals surface area contributed by atoms with Crippen molar-refractivity contribution in [2.24, 2.45) is 0 Å². The first-order valence-electron chi connectivity index (χ1n) is 16.0. The first-order valence-corrected chi connectivity index (χ1v) is 19.9. The third-order valence-corrected chi connectivity index (χ3v) is 15.6. The second kappa shape index (κ2) is 19.7. The minimum atomic E-state index is -4.31. The van der Waals surface area contributed by atoms with E-state index in [1.807, 2.05) is 6.07 Å². The Morgan fingerprint density at radius 3 is 1.32 bits per heavy atom. The molecule has 0 aromatic heterocycles. The SMILES string of the molecule is CCCCCCCCCP(Cl)(CCCCCCCC)(CCCCCCCC)Cc1cccc(C(F)(F)F)c1. The van der Waals surface area contributed by atoms with E-state index in [0.29, 0.717) is 6.16 Å². The molecule has 0 amide bonds. The van der Waals surface area contributed by atoms with Gasteiger partial charge in [-0.2, -0.15) is 0 Å². The molecule has 0 fully saturated rings. The van der Waals surface area contributed by atoms with E-state index >= 15 is 0 Å². The molecule has 5 heteroatoms. The number of halogens is 4. The van der Waals surface area contributed by atoms with Crippen molar-refractivity contribution in [2.75, 3.05) is 18.5 Å². The topological polar surface area (TPSA) is 0 Å². The second-order valence-corrected chi connectivity index (χ2v) is 20.2. The summed E-state index contributed by atoms with van der Waals surface area (Å²) < 4.78 is 40.7. The van der Waals surface area contributed by atoms with Crippen LogP contribution in [0.1, 0.15) is 154 Å². The van der Waals surface area contributed by atoms with E-state index < -0.39 is 17.7 Å². The van der Waals surface area contributed by atoms with Gasteiger partial charge in [-0.05, 0) is 0 Å². The van der Waals surface area contributed by atoms with E-state index in [4.69, 9.17) is 11.2 Å². The maximum absolute atomic E-state index is 13.6. The summed E-state index contributed by atoms with van der Waals surface area (Å²) in [4.78, 5) is 0. The van der Waals surface area contributed by atoms with Crippen LogP contribution < -0.4 is 0 Å². The minimum absolute atomic E-state index is 0.535. The van der Waals surface area contributed by atoms with Crippen molar-refractivity contribution < 1.29 is 13.2 Å². The number of hydrogen-bond acceptors (Lipinski definition) is 0. The summed E-state index contributed by atoms with van der Waals surface area (Å²) in [6.07, 6.45) is 22.9. The van der Waals surface area contributed by atoms with Gasteiger partial charge in [0.25, 0.3) is 0 Å². The van der Waals surface area contributed by atoms with Gasteiger partial charge < -0.3 is 0 Å². The molecule has 1 aromatic rings. The number of hydrogen-bond donors (Lipinski definition) is 0. The average molecular weight is 579 g/mol. The number of alkyl halides is 3. The van der Waals surface area contributed by atoms with E-state index in [2.05, 4.69) is 20.8 Å². The number of benzene rings is 1. The fraction of sp³-hybridized carbons (Fsp3) is 0.818. The van der Waals surface area contributed by atoms with Crippen LogP contribution in [0.5, 0.6) is 0 Å². The van der Waals surface area contributed by atoms with Crippen LogP contribution in [-0.2, 0) is 12.3 Å². The van der Waals surface area contributed by atoms with Crippen LogP contribution in [0.2, 0.25) is 0 Å². The molecule has 0 spiro atoms. The quantitative estimate of drug-likeness (QED) is 0.0845. The van der Waals surface area contributed by atoms with Gasteiger partial charge in [0.2, 0.25) is 0 Å². The molecular formula is C33H59ClF3P. The van der Waals surface area contributed by atoms with Crippen LogP contribution in [0.15, 0.2) is 24.3 Å². The third kappa shape index (κ3) is 15.5. The van der Waals surface area contributed by atoms with Crippen LogP contribution in [0.3, 0.4) is 0 Å². The zero-order valence-electron chi connectivity index (χ0n) is 25.0. The predicted molar refractivity (Wildman–Crippen MR) is 167 cm³/mol. The van der Waals surface area contributed by atoms with E-state index in [9.17, 15) is 13.2 Å². The monoisotopic (exact) mass is 578 g/mol. The molecule has 0 N–H and O–H groups in total. The van der Waals surface area contributed by atoms with Crippen molar-refractivity contribution in [3.8, 4) is 0 Å². The maximum atomic E-state index is 13.6. The molecule has 224 valence electrons. The molecule has 0 saturated carbocycles. The normalized spacial score (nSPS) is 13.5. The van der Waals surface area contributed by atoms with Gasteiger partial charge in [0, 0.05) is 0 Å². The molecule has 1 aromatic carbocycles. The summed E-state index contributed by atoms with van der Waals surface area (Å²) >= 11 is 7.99. The van der Waals surface area contributed by atoms with Crippen LogP contribution in [0, 0.1) is 0 Å². The molecule has 0 atom stereocenters. The second-order valence-electron chi connectivity index (χ2n) is 12.0. The van der Waals surface area contributed by atoms with Gasteiger partial charge in [0.1, 0.15) is 0 Å². The predicted octanol–water partition coefficient (Wildman–Crippen LogP) is 13.4. The Kier molecular flexibility index (Phi) is 18.6. The third-order valence-electron chi connectivity index (χ3n) is 8.29. The average Bonchev–Trinajstić information content (AvgIpc) is 2.88. The van der Waals surface area contributed by atoms with Gasteiger partial charge in [-0.3, -0.25) is 0 Å². The standard InChI is InChI=1S/C33H59ClF3P/c1-4-7-10-13-16-19-22-28-38(34,26-20-17-14-11-8-5-2,27-21-18-15-12-9-6-3)30-31-24-23-25-32(29-31)33(35,36)37/h23-25,29H,4-22,26-28,30H2,1-3H3. The molecule has 38 heavy (non-hydrogen) atoms. The summed E-state index contributed by atoms with van der Waals surface area (Å²) in [6.45, 7) is 6.72. The van der Waals surface area contributed by atoms with Gasteiger partial charge in [-0.25, -0.2) is 0 Å². The summed E-state index contributed by atoms with van der Waals surface area (Å²) in [7, 11) is 0. The number of rotatable bonds is 24. The van der Waals surface area contributed by atoms with Crippen LogP contribution in [0.25, 0.3) is 0 Å². The molecule has 0 nitrogen and oxygen atoms in total. The van der Waals surface area contributed by atoms with Crippen molar-refractivity contribution in [1.82, 2.24) is 0 Å². The molecule has 0 aliphatic rings. The van der Waals surface area contributed by atoms with Gasteiger partial charge in [-0.1, -0.05) is 0 Å². The fourth-order valence-electron chi connectivity index (χ4n) is 5.91. The first kappa shape index (κ1) is 35.8. The number of unbranched alkanes of at least 4 members (excludes halogenated alkanes) is 16. The van der Waals surface area contributed by atoms with Crippen LogP contribution in [-0.4, -0.2) is 18.5 Å². The molecule has 0 saturated heterocycles. The summed E-state index contributed by atoms with van der Waals surface area (Å²) in [5, 5.41) is 0. The van der Waals surface area contributed by atoms with E-state index in [-0.39, 0.29) is 0 Å². The van der Waals surface area contributed by atoms with Crippen LogP contribution >= 0.6 is 17.2 Å². The zero-order valence-corrected chi connectivity index (χ0v) is 26.7. The van der Waals surface area contributed by atoms with E-state index in [0.717, 1.165) is 43.3 Å². The van der Waals surface area contributed by atoms with Crippen molar-refractivity contribution in [2.45, 2.75) is 155 Å². The molecule has 0 radical (unpaired) electrons. The Labute approximate surface area is 239 Å². The van der Waals surface area contributed by atoms with Gasteiger partial charge >= 0.3 is 239 Å². The molecule has 1 rings (SSSR count). The summed E-state index contributed by atoms with van der Waals surface area (Å²) in [5.74, 6) is -2.73. The Morgan fingerprint density at radius 2 is 0.947 bits per heavy atom. The van der Waals surface area contributed by atoms with Crippen molar-refractivity contribution in [3.63, 3.8) is 0 Å². The zero-order chi connectivity index (χ0) is 28.2. The summed E-state index contributed by atoms with van der Waals surface area (Å²) in [6, 6.07) is 6.06. The van der Waals surface area contributed by atoms with Crippen molar-refractivity contribution in [3.05, 3.63) is 35.4 Å². The Balaban J connectivity index is 3.07. The van der Waals surface area contributed by atoms with Crippen LogP contribution in [0.4, 0.5) is 13.2 Å². The molecule has 0 unspecified atom stereocenters. The fourth-order valence-corrected chi connectivity index (χ4v) is 12.7. The van der Waals surface area contributed by atoms with Gasteiger partial charge in [0.05, 0.1) is 0 Å². The van der Waals surface area contributed by atoms with Gasteiger partial charge in [-0.15, -0.1) is 0 Å². The first-order chi connectivity index (χ1) is 18.2. The molecule has 0 bridgehead atoms. The van der Waals surface area contributed by atoms with E-state index in [1.165, 1.54) is 115 Å². The molecule has 0 heterocycles.